The molecule has 4 aromatic rings. The van der Waals surface area contributed by atoms with Crippen LogP contribution in [0.5, 0.6) is 11.5 Å². The van der Waals surface area contributed by atoms with Gasteiger partial charge in [0, 0.05) is 42.7 Å². The molecule has 16 heteroatoms. The number of carbonyl (C=O) groups excluding carboxylic acids is 4. The third kappa shape index (κ3) is 5.39. The lowest BCUT2D eigenvalue weighted by atomic mass is 9.49. The number of phenolic OH excluding ortho intramolecular Hbond substituents is 1. The second-order valence-corrected chi connectivity index (χ2v) is 15.2. The van der Waals surface area contributed by atoms with E-state index < -0.39 is 79.9 Å². The highest BCUT2D eigenvalue weighted by atomic mass is 35.5. The van der Waals surface area contributed by atoms with Crippen LogP contribution in [0.25, 0.3) is 0 Å². The zero-order chi connectivity index (χ0) is 40.7. The minimum atomic E-state index is -1.67. The van der Waals surface area contributed by atoms with Crippen molar-refractivity contribution in [1.29, 1.82) is 0 Å². The van der Waals surface area contributed by atoms with Crippen molar-refractivity contribution in [1.82, 2.24) is 0 Å². The molecule has 2 saturated heterocycles. The number of anilines is 3. The van der Waals surface area contributed by atoms with Gasteiger partial charge < -0.3 is 14.7 Å². The summed E-state index contributed by atoms with van der Waals surface area (Å²) in [5, 5.41) is 36.4. The predicted molar refractivity (Wildman–Crippen MR) is 207 cm³/mol. The van der Waals surface area contributed by atoms with E-state index in [1.54, 1.807) is 66.7 Å². The Bertz CT molecular complexity index is 2440. The van der Waals surface area contributed by atoms with Crippen molar-refractivity contribution >= 4 is 63.7 Å². The van der Waals surface area contributed by atoms with Gasteiger partial charge in [0.25, 0.3) is 0 Å². The van der Waals surface area contributed by atoms with Crippen LogP contribution in [0.15, 0.2) is 96.6 Å². The van der Waals surface area contributed by atoms with Crippen LogP contribution in [0.1, 0.15) is 29.9 Å². The first-order chi connectivity index (χ1) is 27.2. The van der Waals surface area contributed by atoms with Crippen molar-refractivity contribution < 1.29 is 38.9 Å². The number of nitro benzene ring substituents is 2. The summed E-state index contributed by atoms with van der Waals surface area (Å²) in [5.41, 5.74) is -2.15. The van der Waals surface area contributed by atoms with E-state index in [2.05, 4.69) is 0 Å². The van der Waals surface area contributed by atoms with Gasteiger partial charge in [-0.05, 0) is 60.7 Å². The molecule has 0 spiro atoms. The molecular weight excluding hydrogens is 758 g/mol. The monoisotopic (exact) mass is 791 g/mol. The number of aromatic hydroxyl groups is 1. The minimum absolute atomic E-state index is 0.00550. The highest BCUT2D eigenvalue weighted by Crippen LogP contribution is 2.65. The Morgan fingerprint density at radius 1 is 0.825 bits per heavy atom. The van der Waals surface area contributed by atoms with Gasteiger partial charge in [0.05, 0.1) is 51.5 Å². The van der Waals surface area contributed by atoms with Crippen LogP contribution >= 0.6 is 11.6 Å². The fraction of sp³-hybridized carbons (Fsp3) is 0.268. The number of nitrogens with zero attached hydrogens (tertiary/aromatic N) is 5. The van der Waals surface area contributed by atoms with E-state index in [1.165, 1.54) is 38.2 Å². The molecule has 3 fully saturated rings. The second-order valence-electron chi connectivity index (χ2n) is 14.8. The summed E-state index contributed by atoms with van der Waals surface area (Å²) in [5.74, 6) is -7.66. The number of hydrogen-bond donors (Lipinski definition) is 1. The molecule has 2 heterocycles. The number of ether oxygens (including phenoxy) is 1. The van der Waals surface area contributed by atoms with Crippen LogP contribution in [0.3, 0.4) is 0 Å². The standard InChI is InChI=1S/C41H34ClN5O10/c1-43(2)36-31(46(53)54)17-24(18-32(36)47(55)56)44-37(49)27-14-13-26-28(34(27)39(44)51)20-30-38(50)45(23-11-7-10-22(42)16-23)40(52)41(30,21-8-5-4-6-9-21)35(26)29-19-25(57-3)12-15-33(29)48/h4-13,15-19,27-28,30,34-35,48H,14,20H2,1-3H3/t27-,28+,30-,34-,35+,41+/m0/s1. The molecule has 0 bridgehead atoms. The number of halogens is 1. The van der Waals surface area contributed by atoms with Crippen LogP contribution in [0.4, 0.5) is 28.4 Å². The van der Waals surface area contributed by atoms with E-state index in [9.17, 15) is 39.7 Å². The van der Waals surface area contributed by atoms with Gasteiger partial charge in [-0.3, -0.25) is 39.4 Å². The molecule has 0 radical (unpaired) electrons. The summed E-state index contributed by atoms with van der Waals surface area (Å²) in [6, 6.07) is 21.6. The molecule has 4 aliphatic rings. The number of benzene rings is 4. The van der Waals surface area contributed by atoms with Crippen LogP contribution in [-0.2, 0) is 24.6 Å². The molecule has 290 valence electrons. The molecule has 57 heavy (non-hydrogen) atoms. The molecule has 0 aromatic heterocycles. The SMILES string of the molecule is COc1ccc(O)c([C@H]2C3=CC[C@@H]4C(=O)N(c5cc([N+](=O)[O-])c(N(C)C)c([N+](=O)[O-])c5)C(=O)[C@@H]4[C@@H]3C[C@H]3C(=O)N(c4cccc(Cl)c4)C(=O)[C@@]23c2ccccc2)c1. The molecule has 4 aromatic carbocycles. The van der Waals surface area contributed by atoms with Crippen LogP contribution in [0, 0.1) is 43.9 Å². The maximum atomic E-state index is 15.4. The van der Waals surface area contributed by atoms with Gasteiger partial charge in [-0.15, -0.1) is 0 Å². The molecule has 1 N–H and O–H groups in total. The third-order valence-electron chi connectivity index (χ3n) is 11.9. The number of rotatable bonds is 8. The summed E-state index contributed by atoms with van der Waals surface area (Å²) >= 11 is 6.38. The number of allylic oxidation sites excluding steroid dienone is 2. The van der Waals surface area contributed by atoms with Crippen molar-refractivity contribution in [3.63, 3.8) is 0 Å². The van der Waals surface area contributed by atoms with E-state index in [0.29, 0.717) is 16.9 Å². The number of amides is 4. The van der Waals surface area contributed by atoms with Gasteiger partial charge >= 0.3 is 11.4 Å². The Hall–Kier alpha value is -6.61. The van der Waals surface area contributed by atoms with Crippen molar-refractivity contribution in [3.05, 3.63) is 133 Å². The maximum absolute atomic E-state index is 15.4. The van der Waals surface area contributed by atoms with E-state index in [4.69, 9.17) is 16.3 Å². The summed E-state index contributed by atoms with van der Waals surface area (Å²) in [4.78, 5) is 85.4. The highest BCUT2D eigenvalue weighted by molar-refractivity contribution is 6.32. The van der Waals surface area contributed by atoms with Gasteiger partial charge in [0.1, 0.15) is 11.5 Å². The van der Waals surface area contributed by atoms with Crippen molar-refractivity contribution in [2.75, 3.05) is 35.9 Å². The Morgan fingerprint density at radius 3 is 2.12 bits per heavy atom. The first kappa shape index (κ1) is 37.3. The van der Waals surface area contributed by atoms with Crippen LogP contribution < -0.4 is 19.4 Å². The van der Waals surface area contributed by atoms with Gasteiger partial charge in [0.15, 0.2) is 5.69 Å². The van der Waals surface area contributed by atoms with Gasteiger partial charge in [-0.2, -0.15) is 0 Å². The minimum Gasteiger partial charge on any atom is -0.508 e. The number of carbonyl (C=O) groups is 4. The maximum Gasteiger partial charge on any atom is 0.301 e. The summed E-state index contributed by atoms with van der Waals surface area (Å²) in [6.45, 7) is 0. The number of fused-ring (bicyclic) bond motifs is 4. The molecule has 8 rings (SSSR count). The zero-order valence-corrected chi connectivity index (χ0v) is 31.5. The zero-order valence-electron chi connectivity index (χ0n) is 30.7. The first-order valence-electron chi connectivity index (χ1n) is 18.0. The Morgan fingerprint density at radius 2 is 1.51 bits per heavy atom. The van der Waals surface area contributed by atoms with Gasteiger partial charge in [-0.25, -0.2) is 9.80 Å². The van der Waals surface area contributed by atoms with Crippen molar-refractivity contribution in [3.8, 4) is 11.5 Å². The molecule has 2 aliphatic heterocycles. The Kier molecular flexibility index (Phi) is 8.87. The third-order valence-corrected chi connectivity index (χ3v) is 12.1. The highest BCUT2D eigenvalue weighted by Gasteiger charge is 2.70. The van der Waals surface area contributed by atoms with E-state index in [-0.39, 0.29) is 46.2 Å². The Labute approximate surface area is 330 Å². The smallest absolute Gasteiger partial charge is 0.301 e. The lowest BCUT2D eigenvalue weighted by Crippen LogP contribution is -2.53. The fourth-order valence-corrected chi connectivity index (χ4v) is 9.87. The molecule has 2 aliphatic carbocycles. The number of hydrogen-bond acceptors (Lipinski definition) is 11. The number of phenols is 1. The summed E-state index contributed by atoms with van der Waals surface area (Å²) < 4.78 is 5.57. The van der Waals surface area contributed by atoms with E-state index in [0.717, 1.165) is 21.9 Å². The molecular formula is C41H34ClN5O10. The average molecular weight is 792 g/mol. The summed E-state index contributed by atoms with van der Waals surface area (Å²) in [6.07, 6.45) is 1.71. The summed E-state index contributed by atoms with van der Waals surface area (Å²) in [7, 11) is 4.25. The second kappa shape index (κ2) is 13.5. The van der Waals surface area contributed by atoms with Crippen molar-refractivity contribution in [2.45, 2.75) is 24.2 Å². The van der Waals surface area contributed by atoms with E-state index >= 15 is 4.79 Å². The molecule has 1 saturated carbocycles. The average Bonchev–Trinajstić information content (AvgIpc) is 3.58. The number of methoxy groups -OCH3 is 1. The van der Waals surface area contributed by atoms with Crippen LogP contribution in [-0.4, -0.2) is 59.8 Å². The largest absolute Gasteiger partial charge is 0.508 e. The first-order valence-corrected chi connectivity index (χ1v) is 18.4. The Balaban J connectivity index is 1.34. The number of imide groups is 2. The molecule has 4 amide bonds. The van der Waals surface area contributed by atoms with Crippen LogP contribution in [0.2, 0.25) is 5.02 Å². The molecule has 15 nitrogen and oxygen atoms in total. The topological polar surface area (TPSA) is 194 Å². The molecule has 0 unspecified atom stereocenters. The van der Waals surface area contributed by atoms with Gasteiger partial charge in [-0.1, -0.05) is 59.6 Å². The molecule has 6 atom stereocenters. The lowest BCUT2D eigenvalue weighted by molar-refractivity contribution is -0.392. The van der Waals surface area contributed by atoms with E-state index in [1.807, 2.05) is 0 Å². The quantitative estimate of drug-likeness (QED) is 0.0911. The number of nitro groups is 2. The lowest BCUT2D eigenvalue weighted by Gasteiger charge is -2.50. The fourth-order valence-electron chi connectivity index (χ4n) is 9.69. The van der Waals surface area contributed by atoms with Gasteiger partial charge in [0.2, 0.25) is 23.6 Å². The normalized spacial score (nSPS) is 25.1. The van der Waals surface area contributed by atoms with Crippen molar-refractivity contribution in [2.24, 2.45) is 23.7 Å². The predicted octanol–water partition coefficient (Wildman–Crippen LogP) is 6.30.